The van der Waals surface area contributed by atoms with Crippen molar-refractivity contribution in [1.29, 1.82) is 5.41 Å². The standard InChI is InChI=1S/C14H20N2O2/c1-9(2)18-14(16)13(10(3)15)11-5-7-12(17-4)8-6-11/h5-9,16H,15H2,1-4H3/b13-10-,16-14?. The molecule has 0 aliphatic rings. The van der Waals surface area contributed by atoms with Gasteiger partial charge in [0, 0.05) is 5.70 Å². The summed E-state index contributed by atoms with van der Waals surface area (Å²) in [5, 5.41) is 7.95. The topological polar surface area (TPSA) is 68.3 Å². The average Bonchev–Trinajstić information content (AvgIpc) is 2.28. The molecule has 0 aliphatic carbocycles. The van der Waals surface area contributed by atoms with Gasteiger partial charge in [0.15, 0.2) is 0 Å². The molecule has 0 spiro atoms. The number of nitrogens with two attached hydrogens (primary N) is 1. The summed E-state index contributed by atoms with van der Waals surface area (Å²) in [5.41, 5.74) is 7.87. The van der Waals surface area contributed by atoms with Crippen molar-refractivity contribution in [1.82, 2.24) is 0 Å². The van der Waals surface area contributed by atoms with Gasteiger partial charge in [-0.3, -0.25) is 5.41 Å². The van der Waals surface area contributed by atoms with Crippen LogP contribution in [0.1, 0.15) is 26.3 Å². The predicted octanol–water partition coefficient (Wildman–Crippen LogP) is 2.79. The van der Waals surface area contributed by atoms with Gasteiger partial charge in [0.25, 0.3) is 0 Å². The summed E-state index contributed by atoms with van der Waals surface area (Å²) in [6.45, 7) is 5.52. The minimum Gasteiger partial charge on any atom is -0.497 e. The normalized spacial score (nSPS) is 12.1. The van der Waals surface area contributed by atoms with Crippen LogP contribution < -0.4 is 10.5 Å². The highest BCUT2D eigenvalue weighted by atomic mass is 16.5. The van der Waals surface area contributed by atoms with Crippen molar-refractivity contribution in [3.8, 4) is 5.75 Å². The third-order valence-corrected chi connectivity index (χ3v) is 2.35. The summed E-state index contributed by atoms with van der Waals surface area (Å²) in [5.74, 6) is 0.860. The maximum atomic E-state index is 7.95. The Morgan fingerprint density at radius 1 is 1.22 bits per heavy atom. The van der Waals surface area contributed by atoms with Crippen LogP contribution in [-0.4, -0.2) is 19.1 Å². The Labute approximate surface area is 108 Å². The zero-order valence-corrected chi connectivity index (χ0v) is 11.3. The fraction of sp³-hybridized carbons (Fsp3) is 0.357. The Morgan fingerprint density at radius 3 is 2.17 bits per heavy atom. The minimum absolute atomic E-state index is 0.0508. The van der Waals surface area contributed by atoms with Gasteiger partial charge in [0.1, 0.15) is 5.75 Å². The molecule has 0 fully saturated rings. The van der Waals surface area contributed by atoms with Gasteiger partial charge in [0.2, 0.25) is 5.90 Å². The van der Waals surface area contributed by atoms with Crippen LogP contribution in [0.15, 0.2) is 30.0 Å². The number of nitrogens with one attached hydrogen (secondary N) is 1. The molecule has 0 unspecified atom stereocenters. The van der Waals surface area contributed by atoms with Crippen molar-refractivity contribution < 1.29 is 9.47 Å². The Hall–Kier alpha value is -1.97. The second-order valence-electron chi connectivity index (χ2n) is 4.28. The summed E-state index contributed by atoms with van der Waals surface area (Å²) in [4.78, 5) is 0. The fourth-order valence-electron chi connectivity index (χ4n) is 1.59. The van der Waals surface area contributed by atoms with Crippen LogP contribution in [-0.2, 0) is 4.74 Å². The van der Waals surface area contributed by atoms with E-state index in [1.807, 2.05) is 38.1 Å². The van der Waals surface area contributed by atoms with E-state index in [1.165, 1.54) is 0 Å². The average molecular weight is 248 g/mol. The second kappa shape index (κ2) is 6.10. The van der Waals surface area contributed by atoms with Crippen molar-refractivity contribution in [2.75, 3.05) is 7.11 Å². The number of allylic oxidation sites excluding steroid dienone is 1. The first-order valence-electron chi connectivity index (χ1n) is 5.82. The van der Waals surface area contributed by atoms with E-state index in [9.17, 15) is 0 Å². The summed E-state index contributed by atoms with van der Waals surface area (Å²) in [7, 11) is 1.61. The molecule has 0 bridgehead atoms. The van der Waals surface area contributed by atoms with Gasteiger partial charge in [-0.15, -0.1) is 0 Å². The van der Waals surface area contributed by atoms with Crippen LogP contribution in [0.2, 0.25) is 0 Å². The van der Waals surface area contributed by atoms with Gasteiger partial charge in [-0.05, 0) is 38.5 Å². The molecule has 1 aromatic carbocycles. The van der Waals surface area contributed by atoms with Crippen LogP contribution in [0, 0.1) is 5.41 Å². The fourth-order valence-corrected chi connectivity index (χ4v) is 1.59. The van der Waals surface area contributed by atoms with Crippen molar-refractivity contribution in [2.45, 2.75) is 26.9 Å². The molecule has 0 radical (unpaired) electrons. The predicted molar refractivity (Wildman–Crippen MR) is 73.7 cm³/mol. The summed E-state index contributed by atoms with van der Waals surface area (Å²) in [6, 6.07) is 7.40. The molecule has 0 heterocycles. The lowest BCUT2D eigenvalue weighted by molar-refractivity contribution is 0.230. The highest BCUT2D eigenvalue weighted by molar-refractivity contribution is 6.18. The number of rotatable bonds is 4. The van der Waals surface area contributed by atoms with Gasteiger partial charge < -0.3 is 15.2 Å². The van der Waals surface area contributed by atoms with E-state index in [0.717, 1.165) is 11.3 Å². The molecule has 4 heteroatoms. The summed E-state index contributed by atoms with van der Waals surface area (Å²) >= 11 is 0. The highest BCUT2D eigenvalue weighted by Crippen LogP contribution is 2.22. The lowest BCUT2D eigenvalue weighted by atomic mass is 10.0. The number of methoxy groups -OCH3 is 1. The summed E-state index contributed by atoms with van der Waals surface area (Å²) in [6.07, 6.45) is -0.0508. The molecule has 0 amide bonds. The van der Waals surface area contributed by atoms with Crippen LogP contribution in [0.3, 0.4) is 0 Å². The first-order chi connectivity index (χ1) is 8.45. The molecule has 0 saturated carbocycles. The molecule has 1 rings (SSSR count). The quantitative estimate of drug-likeness (QED) is 0.636. The molecule has 0 atom stereocenters. The Bertz CT molecular complexity index is 443. The zero-order valence-electron chi connectivity index (χ0n) is 11.3. The van der Waals surface area contributed by atoms with Crippen LogP contribution >= 0.6 is 0 Å². The number of ether oxygens (including phenoxy) is 2. The maximum absolute atomic E-state index is 7.95. The van der Waals surface area contributed by atoms with Crippen molar-refractivity contribution >= 4 is 11.5 Å². The van der Waals surface area contributed by atoms with Gasteiger partial charge in [-0.25, -0.2) is 0 Å². The van der Waals surface area contributed by atoms with Crippen molar-refractivity contribution in [3.05, 3.63) is 35.5 Å². The maximum Gasteiger partial charge on any atom is 0.215 e. The lowest BCUT2D eigenvalue weighted by Crippen LogP contribution is -2.15. The Morgan fingerprint density at radius 2 is 1.78 bits per heavy atom. The largest absolute Gasteiger partial charge is 0.497 e. The van der Waals surface area contributed by atoms with Gasteiger partial charge >= 0.3 is 0 Å². The van der Waals surface area contributed by atoms with E-state index in [1.54, 1.807) is 14.0 Å². The summed E-state index contributed by atoms with van der Waals surface area (Å²) < 4.78 is 10.5. The molecule has 1 aromatic rings. The number of hydrogen-bond acceptors (Lipinski definition) is 4. The molecule has 0 aliphatic heterocycles. The van der Waals surface area contributed by atoms with E-state index >= 15 is 0 Å². The van der Waals surface area contributed by atoms with Gasteiger partial charge in [0.05, 0.1) is 18.8 Å². The Balaban J connectivity index is 3.06. The lowest BCUT2D eigenvalue weighted by Gasteiger charge is -2.15. The van der Waals surface area contributed by atoms with Crippen molar-refractivity contribution in [3.63, 3.8) is 0 Å². The van der Waals surface area contributed by atoms with E-state index in [0.29, 0.717) is 11.3 Å². The second-order valence-corrected chi connectivity index (χ2v) is 4.28. The van der Waals surface area contributed by atoms with E-state index in [-0.39, 0.29) is 12.0 Å². The smallest absolute Gasteiger partial charge is 0.215 e. The monoisotopic (exact) mass is 248 g/mol. The molecule has 18 heavy (non-hydrogen) atoms. The van der Waals surface area contributed by atoms with Gasteiger partial charge in [-0.1, -0.05) is 12.1 Å². The van der Waals surface area contributed by atoms with E-state index < -0.39 is 0 Å². The molecule has 98 valence electrons. The Kier molecular flexibility index (Phi) is 4.77. The first kappa shape index (κ1) is 14.1. The first-order valence-corrected chi connectivity index (χ1v) is 5.82. The third kappa shape index (κ3) is 3.52. The van der Waals surface area contributed by atoms with Crippen LogP contribution in [0.25, 0.3) is 5.57 Å². The van der Waals surface area contributed by atoms with Gasteiger partial charge in [-0.2, -0.15) is 0 Å². The van der Waals surface area contributed by atoms with E-state index in [4.69, 9.17) is 20.6 Å². The van der Waals surface area contributed by atoms with Crippen LogP contribution in [0.5, 0.6) is 5.75 Å². The SMILES string of the molecule is COc1ccc(/C(C(=N)OC(C)C)=C(\C)N)cc1. The number of hydrogen-bond donors (Lipinski definition) is 2. The molecule has 0 saturated heterocycles. The highest BCUT2D eigenvalue weighted by Gasteiger charge is 2.13. The molecule has 3 N–H and O–H groups in total. The number of benzene rings is 1. The third-order valence-electron chi connectivity index (χ3n) is 2.35. The molecule has 4 nitrogen and oxygen atoms in total. The molecular formula is C14H20N2O2. The van der Waals surface area contributed by atoms with Crippen molar-refractivity contribution in [2.24, 2.45) is 5.73 Å². The zero-order chi connectivity index (χ0) is 13.7. The van der Waals surface area contributed by atoms with Crippen LogP contribution in [0.4, 0.5) is 0 Å². The minimum atomic E-state index is -0.0508. The molecular weight excluding hydrogens is 228 g/mol. The van der Waals surface area contributed by atoms with E-state index in [2.05, 4.69) is 0 Å². The molecule has 0 aromatic heterocycles.